The molecule has 11 heteroatoms. The Bertz CT molecular complexity index is 932. The van der Waals surface area contributed by atoms with Crippen LogP contribution in [0, 0.1) is 0 Å². The van der Waals surface area contributed by atoms with Crippen molar-refractivity contribution in [3.63, 3.8) is 0 Å². The van der Waals surface area contributed by atoms with Crippen LogP contribution in [-0.2, 0) is 23.0 Å². The molecule has 0 radical (unpaired) electrons. The van der Waals surface area contributed by atoms with E-state index in [0.29, 0.717) is 30.9 Å². The Hall–Kier alpha value is -2.66. The van der Waals surface area contributed by atoms with E-state index in [0.717, 1.165) is 9.87 Å². The van der Waals surface area contributed by atoms with E-state index in [-0.39, 0.29) is 23.9 Å². The van der Waals surface area contributed by atoms with Crippen LogP contribution in [0.2, 0.25) is 0 Å². The first-order valence-corrected chi connectivity index (χ1v) is 10.1. The number of H-pyrrole nitrogens is 2. The highest BCUT2D eigenvalue weighted by Gasteiger charge is 2.28. The number of fused-ring (bicyclic) bond motifs is 1. The Balaban J connectivity index is 1.62. The molecular weight excluding hydrogens is 372 g/mol. The lowest BCUT2D eigenvalue weighted by Crippen LogP contribution is -2.37. The molecular formula is C16H22N6O4S. The molecule has 3 heterocycles. The molecule has 146 valence electrons. The molecule has 0 atom stereocenters. The molecule has 10 nitrogen and oxygen atoms in total. The summed E-state index contributed by atoms with van der Waals surface area (Å²) < 4.78 is 24.6. The maximum absolute atomic E-state index is 12.4. The molecule has 1 aliphatic heterocycles. The standard InChI is InChI=1S/C16H22N6O4S/c1-21(2)27(25,26)9-7-18-15(23)14-11-5-8-22(10-13(11)19-20-14)16(24)12-4-3-6-17-12/h3-4,6,17H,5,7-10H2,1-2H3,(H,18,23)(H,19,20). The van der Waals surface area contributed by atoms with Gasteiger partial charge in [0.2, 0.25) is 10.0 Å². The van der Waals surface area contributed by atoms with E-state index in [9.17, 15) is 18.0 Å². The van der Waals surface area contributed by atoms with Gasteiger partial charge in [-0.1, -0.05) is 0 Å². The molecule has 3 rings (SSSR count). The van der Waals surface area contributed by atoms with Crippen LogP contribution in [0.1, 0.15) is 32.2 Å². The van der Waals surface area contributed by atoms with Crippen molar-refractivity contribution >= 4 is 21.8 Å². The summed E-state index contributed by atoms with van der Waals surface area (Å²) in [5.41, 5.74) is 2.24. The number of carbonyl (C=O) groups is 2. The lowest BCUT2D eigenvalue weighted by molar-refractivity contribution is 0.0727. The van der Waals surface area contributed by atoms with E-state index in [1.807, 2.05) is 0 Å². The summed E-state index contributed by atoms with van der Waals surface area (Å²) in [5.74, 6) is -0.720. The number of hydrogen-bond acceptors (Lipinski definition) is 5. The van der Waals surface area contributed by atoms with Gasteiger partial charge >= 0.3 is 0 Å². The van der Waals surface area contributed by atoms with Crippen LogP contribution >= 0.6 is 0 Å². The van der Waals surface area contributed by atoms with Crippen LogP contribution in [0.5, 0.6) is 0 Å². The molecule has 27 heavy (non-hydrogen) atoms. The number of nitrogens with one attached hydrogen (secondary N) is 3. The lowest BCUT2D eigenvalue weighted by atomic mass is 10.0. The zero-order chi connectivity index (χ0) is 19.6. The normalized spacial score (nSPS) is 14.3. The maximum Gasteiger partial charge on any atom is 0.272 e. The van der Waals surface area contributed by atoms with Gasteiger partial charge in [0.15, 0.2) is 5.69 Å². The smallest absolute Gasteiger partial charge is 0.272 e. The highest BCUT2D eigenvalue weighted by Crippen LogP contribution is 2.21. The molecule has 0 saturated heterocycles. The van der Waals surface area contributed by atoms with Crippen molar-refractivity contribution in [1.29, 1.82) is 0 Å². The van der Waals surface area contributed by atoms with Crippen LogP contribution in [0.3, 0.4) is 0 Å². The lowest BCUT2D eigenvalue weighted by Gasteiger charge is -2.26. The average Bonchev–Trinajstić information content (AvgIpc) is 3.30. The molecule has 0 fully saturated rings. The molecule has 2 aromatic heterocycles. The fraction of sp³-hybridized carbons (Fsp3) is 0.438. The topological polar surface area (TPSA) is 131 Å². The third-order valence-corrected chi connectivity index (χ3v) is 6.30. The van der Waals surface area contributed by atoms with Crippen molar-refractivity contribution in [2.75, 3.05) is 32.9 Å². The minimum absolute atomic E-state index is 0.00157. The second-order valence-corrected chi connectivity index (χ2v) is 8.75. The summed E-state index contributed by atoms with van der Waals surface area (Å²) in [6.45, 7) is 0.806. The number of aromatic amines is 2. The Morgan fingerprint density at radius 2 is 2.15 bits per heavy atom. The van der Waals surface area contributed by atoms with E-state index in [1.54, 1.807) is 23.2 Å². The summed E-state index contributed by atoms with van der Waals surface area (Å²) in [6.07, 6.45) is 2.19. The van der Waals surface area contributed by atoms with E-state index >= 15 is 0 Å². The largest absolute Gasteiger partial charge is 0.357 e. The predicted molar refractivity (Wildman–Crippen MR) is 97.6 cm³/mol. The zero-order valence-corrected chi connectivity index (χ0v) is 16.0. The van der Waals surface area contributed by atoms with Crippen molar-refractivity contribution in [3.05, 3.63) is 41.0 Å². The second kappa shape index (κ2) is 7.53. The minimum Gasteiger partial charge on any atom is -0.357 e. The molecule has 1 aliphatic rings. The molecule has 2 aromatic rings. The van der Waals surface area contributed by atoms with E-state index in [1.165, 1.54) is 14.1 Å². The quantitative estimate of drug-likeness (QED) is 0.611. The van der Waals surface area contributed by atoms with Crippen molar-refractivity contribution in [3.8, 4) is 0 Å². The molecule has 3 N–H and O–H groups in total. The second-order valence-electron chi connectivity index (χ2n) is 6.44. The third-order valence-electron chi connectivity index (χ3n) is 4.47. The third kappa shape index (κ3) is 4.03. The van der Waals surface area contributed by atoms with Gasteiger partial charge in [-0.05, 0) is 18.6 Å². The van der Waals surface area contributed by atoms with Gasteiger partial charge in [0.25, 0.3) is 11.8 Å². The first kappa shape index (κ1) is 19.1. The monoisotopic (exact) mass is 394 g/mol. The number of aromatic nitrogens is 3. The van der Waals surface area contributed by atoms with Gasteiger partial charge in [0.1, 0.15) is 5.69 Å². The fourth-order valence-corrected chi connectivity index (χ4v) is 3.60. The van der Waals surface area contributed by atoms with Crippen molar-refractivity contribution in [1.82, 2.24) is 29.7 Å². The van der Waals surface area contributed by atoms with E-state index in [2.05, 4.69) is 20.5 Å². The Morgan fingerprint density at radius 3 is 2.81 bits per heavy atom. The summed E-state index contributed by atoms with van der Waals surface area (Å²) in [5, 5.41) is 9.47. The number of amides is 2. The average molecular weight is 394 g/mol. The van der Waals surface area contributed by atoms with E-state index in [4.69, 9.17) is 0 Å². The molecule has 0 aromatic carbocycles. The molecule has 2 amide bonds. The van der Waals surface area contributed by atoms with Gasteiger partial charge in [-0.25, -0.2) is 12.7 Å². The van der Waals surface area contributed by atoms with Crippen LogP contribution in [0.4, 0.5) is 0 Å². The number of hydrogen-bond donors (Lipinski definition) is 3. The highest BCUT2D eigenvalue weighted by molar-refractivity contribution is 7.89. The van der Waals surface area contributed by atoms with Crippen LogP contribution < -0.4 is 5.32 Å². The van der Waals surface area contributed by atoms with Crippen LogP contribution in [0.15, 0.2) is 18.3 Å². The summed E-state index contributed by atoms with van der Waals surface area (Å²) >= 11 is 0. The summed E-state index contributed by atoms with van der Waals surface area (Å²) in [7, 11) is -0.483. The molecule has 0 aliphatic carbocycles. The molecule has 0 saturated carbocycles. The molecule has 0 unspecified atom stereocenters. The van der Waals surface area contributed by atoms with E-state index < -0.39 is 15.9 Å². The molecule has 0 bridgehead atoms. The van der Waals surface area contributed by atoms with Crippen molar-refractivity contribution < 1.29 is 18.0 Å². The predicted octanol–water partition coefficient (Wildman–Crippen LogP) is -0.442. The van der Waals surface area contributed by atoms with Gasteiger partial charge in [0, 0.05) is 38.9 Å². The summed E-state index contributed by atoms with van der Waals surface area (Å²) in [6, 6.07) is 3.48. The van der Waals surface area contributed by atoms with Crippen LogP contribution in [0.25, 0.3) is 0 Å². The number of carbonyl (C=O) groups excluding carboxylic acids is 2. The summed E-state index contributed by atoms with van der Waals surface area (Å²) in [4.78, 5) is 29.3. The SMILES string of the molecule is CN(C)S(=O)(=O)CCNC(=O)c1n[nH]c2c1CCN(C(=O)c1ccc[nH]1)C2. The first-order valence-electron chi connectivity index (χ1n) is 8.47. The van der Waals surface area contributed by atoms with Gasteiger partial charge in [-0.3, -0.25) is 14.7 Å². The van der Waals surface area contributed by atoms with Gasteiger partial charge in [-0.2, -0.15) is 5.10 Å². The van der Waals surface area contributed by atoms with Gasteiger partial charge in [0.05, 0.1) is 18.0 Å². The van der Waals surface area contributed by atoms with Gasteiger partial charge in [-0.15, -0.1) is 0 Å². The minimum atomic E-state index is -3.38. The van der Waals surface area contributed by atoms with Gasteiger partial charge < -0.3 is 15.2 Å². The van der Waals surface area contributed by atoms with Crippen molar-refractivity contribution in [2.45, 2.75) is 13.0 Å². The Kier molecular flexibility index (Phi) is 5.33. The first-order chi connectivity index (χ1) is 12.8. The number of nitrogens with zero attached hydrogens (tertiary/aromatic N) is 3. The maximum atomic E-state index is 12.4. The Labute approximate surface area is 157 Å². The number of sulfonamides is 1. The van der Waals surface area contributed by atoms with Crippen LogP contribution in [-0.4, -0.2) is 77.6 Å². The zero-order valence-electron chi connectivity index (χ0n) is 15.2. The number of rotatable bonds is 6. The van der Waals surface area contributed by atoms with Crippen molar-refractivity contribution in [2.24, 2.45) is 0 Å². The fourth-order valence-electron chi connectivity index (χ4n) is 2.87. The molecule has 0 spiro atoms. The highest BCUT2D eigenvalue weighted by atomic mass is 32.2. The Morgan fingerprint density at radius 1 is 1.37 bits per heavy atom.